The Morgan fingerprint density at radius 3 is 2.86 bits per heavy atom. The normalized spacial score (nSPS) is 10.4. The van der Waals surface area contributed by atoms with Crippen LogP contribution in [-0.2, 0) is 0 Å². The minimum Gasteiger partial charge on any atom is -0.354 e. The van der Waals surface area contributed by atoms with Gasteiger partial charge in [-0.3, -0.25) is 4.79 Å². The van der Waals surface area contributed by atoms with E-state index in [4.69, 9.17) is 0 Å². The molecule has 0 unspecified atom stereocenters. The van der Waals surface area contributed by atoms with Gasteiger partial charge in [0.15, 0.2) is 0 Å². The summed E-state index contributed by atoms with van der Waals surface area (Å²) in [5, 5.41) is 3.66. The Morgan fingerprint density at radius 2 is 2.14 bits per heavy atom. The molecule has 14 heavy (non-hydrogen) atoms. The third kappa shape index (κ3) is 1.37. The van der Waals surface area contributed by atoms with E-state index in [0.29, 0.717) is 5.69 Å². The maximum absolute atomic E-state index is 11.3. The lowest BCUT2D eigenvalue weighted by Crippen LogP contribution is -2.17. The second kappa shape index (κ2) is 3.18. The molecule has 1 amide bonds. The van der Waals surface area contributed by atoms with E-state index in [0.717, 1.165) is 10.9 Å². The van der Waals surface area contributed by atoms with E-state index < -0.39 is 0 Å². The van der Waals surface area contributed by atoms with Crippen LogP contribution in [0.5, 0.6) is 0 Å². The highest BCUT2D eigenvalue weighted by Gasteiger charge is 2.06. The zero-order valence-corrected chi connectivity index (χ0v) is 8.22. The van der Waals surface area contributed by atoms with E-state index in [1.807, 2.05) is 25.1 Å². The van der Waals surface area contributed by atoms with Crippen molar-refractivity contribution in [3.8, 4) is 0 Å². The van der Waals surface area contributed by atoms with Crippen molar-refractivity contribution in [3.63, 3.8) is 0 Å². The average Bonchev–Trinajstić information content (AvgIpc) is 2.59. The summed E-state index contributed by atoms with van der Waals surface area (Å²) in [4.78, 5) is 14.4. The SMILES string of the molecule is CNC(=O)c1cc2cc(C)ccc2[nH]1. The molecule has 2 rings (SSSR count). The van der Waals surface area contributed by atoms with Crippen molar-refractivity contribution in [1.29, 1.82) is 0 Å². The lowest BCUT2D eigenvalue weighted by molar-refractivity contribution is 0.0959. The van der Waals surface area contributed by atoms with Crippen LogP contribution in [-0.4, -0.2) is 17.9 Å². The van der Waals surface area contributed by atoms with Gasteiger partial charge in [0.05, 0.1) is 0 Å². The summed E-state index contributed by atoms with van der Waals surface area (Å²) in [7, 11) is 1.62. The average molecular weight is 188 g/mol. The maximum Gasteiger partial charge on any atom is 0.267 e. The van der Waals surface area contributed by atoms with Gasteiger partial charge in [-0.1, -0.05) is 11.6 Å². The van der Waals surface area contributed by atoms with Crippen molar-refractivity contribution in [2.45, 2.75) is 6.92 Å². The van der Waals surface area contributed by atoms with Gasteiger partial charge in [0.1, 0.15) is 5.69 Å². The van der Waals surface area contributed by atoms with Gasteiger partial charge in [0.2, 0.25) is 0 Å². The van der Waals surface area contributed by atoms with Crippen LogP contribution in [0, 0.1) is 6.92 Å². The molecule has 72 valence electrons. The number of amides is 1. The zero-order valence-electron chi connectivity index (χ0n) is 8.22. The van der Waals surface area contributed by atoms with Crippen LogP contribution in [0.15, 0.2) is 24.3 Å². The number of aryl methyl sites for hydroxylation is 1. The quantitative estimate of drug-likeness (QED) is 0.704. The second-order valence-corrected chi connectivity index (χ2v) is 3.35. The summed E-state index contributed by atoms with van der Waals surface area (Å²) in [5.41, 5.74) is 2.79. The molecule has 0 saturated carbocycles. The zero-order chi connectivity index (χ0) is 10.1. The van der Waals surface area contributed by atoms with Crippen LogP contribution >= 0.6 is 0 Å². The van der Waals surface area contributed by atoms with Crippen molar-refractivity contribution in [1.82, 2.24) is 10.3 Å². The Morgan fingerprint density at radius 1 is 1.36 bits per heavy atom. The lowest BCUT2D eigenvalue weighted by Gasteiger charge is -1.92. The molecule has 3 nitrogen and oxygen atoms in total. The number of nitrogens with one attached hydrogen (secondary N) is 2. The highest BCUT2D eigenvalue weighted by molar-refractivity contribution is 5.97. The van der Waals surface area contributed by atoms with E-state index in [1.165, 1.54) is 5.56 Å². The molecule has 1 aromatic heterocycles. The van der Waals surface area contributed by atoms with Crippen LogP contribution in [0.4, 0.5) is 0 Å². The molecule has 2 N–H and O–H groups in total. The minimum atomic E-state index is -0.0844. The first-order valence-electron chi connectivity index (χ1n) is 4.52. The highest BCUT2D eigenvalue weighted by atomic mass is 16.1. The van der Waals surface area contributed by atoms with Crippen LogP contribution < -0.4 is 5.32 Å². The third-order valence-electron chi connectivity index (χ3n) is 2.25. The molecule has 0 aliphatic carbocycles. The van der Waals surface area contributed by atoms with Gasteiger partial charge in [0.25, 0.3) is 5.91 Å². The summed E-state index contributed by atoms with van der Waals surface area (Å²) in [6, 6.07) is 7.92. The number of aromatic amines is 1. The monoisotopic (exact) mass is 188 g/mol. The predicted octanol–water partition coefficient (Wildman–Crippen LogP) is 1.84. The first-order chi connectivity index (χ1) is 6.70. The number of aromatic nitrogens is 1. The van der Waals surface area contributed by atoms with E-state index in [2.05, 4.69) is 16.4 Å². The molecule has 3 heteroatoms. The molecule has 0 saturated heterocycles. The van der Waals surface area contributed by atoms with Gasteiger partial charge in [-0.25, -0.2) is 0 Å². The lowest BCUT2D eigenvalue weighted by atomic mass is 10.2. The van der Waals surface area contributed by atoms with Crippen molar-refractivity contribution in [2.24, 2.45) is 0 Å². The predicted molar refractivity (Wildman–Crippen MR) is 56.4 cm³/mol. The van der Waals surface area contributed by atoms with Gasteiger partial charge < -0.3 is 10.3 Å². The van der Waals surface area contributed by atoms with Crippen LogP contribution in [0.2, 0.25) is 0 Å². The Hall–Kier alpha value is -1.77. The number of rotatable bonds is 1. The minimum absolute atomic E-state index is 0.0844. The van der Waals surface area contributed by atoms with E-state index in [9.17, 15) is 4.79 Å². The van der Waals surface area contributed by atoms with Crippen molar-refractivity contribution >= 4 is 16.8 Å². The summed E-state index contributed by atoms with van der Waals surface area (Å²) in [5.74, 6) is -0.0844. The van der Waals surface area contributed by atoms with Crippen molar-refractivity contribution < 1.29 is 4.79 Å². The van der Waals surface area contributed by atoms with E-state index in [-0.39, 0.29) is 5.91 Å². The molecule has 1 heterocycles. The molecule has 0 aliphatic rings. The van der Waals surface area contributed by atoms with Crippen molar-refractivity contribution in [2.75, 3.05) is 7.05 Å². The molecule has 0 bridgehead atoms. The molecule has 0 fully saturated rings. The number of carbonyl (C=O) groups excluding carboxylic acids is 1. The molecule has 1 aromatic carbocycles. The molecule has 2 aromatic rings. The molecular formula is C11H12N2O. The number of hydrogen-bond acceptors (Lipinski definition) is 1. The summed E-state index contributed by atoms with van der Waals surface area (Å²) in [6.07, 6.45) is 0. The highest BCUT2D eigenvalue weighted by Crippen LogP contribution is 2.16. The first kappa shape index (κ1) is 8.81. The van der Waals surface area contributed by atoms with Gasteiger partial charge in [-0.05, 0) is 25.1 Å². The molecule has 0 radical (unpaired) electrons. The Bertz CT molecular complexity index is 485. The Labute approximate surface area is 82.1 Å². The summed E-state index contributed by atoms with van der Waals surface area (Å²) < 4.78 is 0. The Balaban J connectivity index is 2.56. The van der Waals surface area contributed by atoms with Crippen LogP contribution in [0.25, 0.3) is 10.9 Å². The number of benzene rings is 1. The first-order valence-corrected chi connectivity index (χ1v) is 4.52. The smallest absolute Gasteiger partial charge is 0.267 e. The Kier molecular flexibility index (Phi) is 2.00. The fourth-order valence-electron chi connectivity index (χ4n) is 1.51. The molecule has 0 atom stereocenters. The van der Waals surface area contributed by atoms with E-state index in [1.54, 1.807) is 7.05 Å². The molecular weight excluding hydrogens is 176 g/mol. The van der Waals surface area contributed by atoms with E-state index >= 15 is 0 Å². The van der Waals surface area contributed by atoms with Crippen LogP contribution in [0.3, 0.4) is 0 Å². The number of H-pyrrole nitrogens is 1. The number of fused-ring (bicyclic) bond motifs is 1. The third-order valence-corrected chi connectivity index (χ3v) is 2.25. The van der Waals surface area contributed by atoms with Gasteiger partial charge in [-0.15, -0.1) is 0 Å². The van der Waals surface area contributed by atoms with Gasteiger partial charge in [0, 0.05) is 18.0 Å². The number of hydrogen-bond donors (Lipinski definition) is 2. The second-order valence-electron chi connectivity index (χ2n) is 3.35. The topological polar surface area (TPSA) is 44.9 Å². The fourth-order valence-corrected chi connectivity index (χ4v) is 1.51. The van der Waals surface area contributed by atoms with Crippen LogP contribution in [0.1, 0.15) is 16.1 Å². The molecule has 0 spiro atoms. The largest absolute Gasteiger partial charge is 0.354 e. The van der Waals surface area contributed by atoms with Crippen molar-refractivity contribution in [3.05, 3.63) is 35.5 Å². The van der Waals surface area contributed by atoms with Gasteiger partial charge >= 0.3 is 0 Å². The standard InChI is InChI=1S/C11H12N2O/c1-7-3-4-9-8(5-7)6-10(13-9)11(14)12-2/h3-6,13H,1-2H3,(H,12,14). The maximum atomic E-state index is 11.3. The van der Waals surface area contributed by atoms with Gasteiger partial charge in [-0.2, -0.15) is 0 Å². The summed E-state index contributed by atoms with van der Waals surface area (Å²) >= 11 is 0. The number of carbonyl (C=O) groups is 1. The summed E-state index contributed by atoms with van der Waals surface area (Å²) in [6.45, 7) is 2.03. The fraction of sp³-hybridized carbons (Fsp3) is 0.182. The molecule has 0 aliphatic heterocycles.